The van der Waals surface area contributed by atoms with Gasteiger partial charge in [-0.1, -0.05) is 6.92 Å². The fourth-order valence-electron chi connectivity index (χ4n) is 2.09. The lowest BCUT2D eigenvalue weighted by atomic mass is 10.4. The Kier molecular flexibility index (Phi) is 6.86. The SMILES string of the molecule is CCCN(CCN(C)C)S(=O)(=O)c1cc(CNC)oc1C. The first-order chi connectivity index (χ1) is 9.82. The Morgan fingerprint density at radius 3 is 2.43 bits per heavy atom. The minimum absolute atomic E-state index is 0.278. The Hall–Kier alpha value is -0.890. The second-order valence-corrected chi connectivity index (χ2v) is 7.28. The van der Waals surface area contributed by atoms with Crippen LogP contribution in [0, 0.1) is 6.92 Å². The van der Waals surface area contributed by atoms with Gasteiger partial charge in [-0.3, -0.25) is 0 Å². The summed E-state index contributed by atoms with van der Waals surface area (Å²) in [5.41, 5.74) is 0. The van der Waals surface area contributed by atoms with E-state index in [-0.39, 0.29) is 4.90 Å². The van der Waals surface area contributed by atoms with E-state index in [1.807, 2.05) is 25.9 Å². The summed E-state index contributed by atoms with van der Waals surface area (Å²) in [4.78, 5) is 2.26. The molecule has 0 radical (unpaired) electrons. The van der Waals surface area contributed by atoms with Gasteiger partial charge >= 0.3 is 0 Å². The third-order valence-electron chi connectivity index (χ3n) is 3.16. The highest BCUT2D eigenvalue weighted by molar-refractivity contribution is 7.89. The first-order valence-corrected chi connectivity index (χ1v) is 8.65. The van der Waals surface area contributed by atoms with Crippen molar-refractivity contribution >= 4 is 10.0 Å². The van der Waals surface area contributed by atoms with Crippen molar-refractivity contribution in [2.45, 2.75) is 31.7 Å². The van der Waals surface area contributed by atoms with Gasteiger partial charge in [-0.05, 0) is 34.5 Å². The zero-order valence-corrected chi connectivity index (χ0v) is 14.5. The number of furan rings is 1. The summed E-state index contributed by atoms with van der Waals surface area (Å²) >= 11 is 0. The van der Waals surface area contributed by atoms with Gasteiger partial charge in [-0.15, -0.1) is 0 Å². The molecule has 0 atom stereocenters. The summed E-state index contributed by atoms with van der Waals surface area (Å²) in [6.45, 7) is 5.88. The molecule has 0 fully saturated rings. The number of hydrogen-bond acceptors (Lipinski definition) is 5. The molecular weight excluding hydrogens is 290 g/mol. The van der Waals surface area contributed by atoms with Gasteiger partial charge in [0.1, 0.15) is 16.4 Å². The van der Waals surface area contributed by atoms with Crippen molar-refractivity contribution in [2.75, 3.05) is 40.8 Å². The normalized spacial score (nSPS) is 12.5. The van der Waals surface area contributed by atoms with Gasteiger partial charge < -0.3 is 14.6 Å². The summed E-state index contributed by atoms with van der Waals surface area (Å²) < 4.78 is 32.7. The number of likely N-dealkylation sites (N-methyl/N-ethyl adjacent to an activating group) is 1. The van der Waals surface area contributed by atoms with E-state index in [0.717, 1.165) is 6.42 Å². The monoisotopic (exact) mass is 317 g/mol. The Morgan fingerprint density at radius 1 is 1.24 bits per heavy atom. The molecule has 1 aromatic heterocycles. The molecule has 7 heteroatoms. The molecule has 0 saturated heterocycles. The minimum Gasteiger partial charge on any atom is -0.464 e. The molecule has 0 spiro atoms. The van der Waals surface area contributed by atoms with Crippen LogP contribution in [0.5, 0.6) is 0 Å². The zero-order valence-electron chi connectivity index (χ0n) is 13.6. The van der Waals surface area contributed by atoms with Gasteiger partial charge in [0, 0.05) is 25.7 Å². The molecule has 0 amide bonds. The fraction of sp³-hybridized carbons (Fsp3) is 0.714. The summed E-state index contributed by atoms with van der Waals surface area (Å²) in [5.74, 6) is 1.09. The van der Waals surface area contributed by atoms with E-state index in [1.54, 1.807) is 20.0 Å². The minimum atomic E-state index is -3.50. The predicted octanol–water partition coefficient (Wildman–Crippen LogP) is 1.27. The molecule has 0 aliphatic carbocycles. The number of sulfonamides is 1. The van der Waals surface area contributed by atoms with Crippen LogP contribution in [0.2, 0.25) is 0 Å². The average molecular weight is 317 g/mol. The maximum absolute atomic E-state index is 12.8. The van der Waals surface area contributed by atoms with E-state index in [4.69, 9.17) is 4.42 Å². The number of nitrogens with one attached hydrogen (secondary N) is 1. The van der Waals surface area contributed by atoms with Gasteiger partial charge in [0.15, 0.2) is 0 Å². The molecule has 0 aliphatic heterocycles. The Morgan fingerprint density at radius 2 is 1.90 bits per heavy atom. The third kappa shape index (κ3) is 4.81. The van der Waals surface area contributed by atoms with E-state index >= 15 is 0 Å². The standard InChI is InChI=1S/C14H27N3O3S/c1-6-7-17(9-8-16(4)5)21(18,19)14-10-13(11-15-3)20-12(14)2/h10,15H,6-9,11H2,1-5H3. The van der Waals surface area contributed by atoms with Crippen LogP contribution >= 0.6 is 0 Å². The largest absolute Gasteiger partial charge is 0.464 e. The van der Waals surface area contributed by atoms with Crippen LogP contribution in [0.25, 0.3) is 0 Å². The first-order valence-electron chi connectivity index (χ1n) is 7.21. The molecule has 6 nitrogen and oxygen atoms in total. The van der Waals surface area contributed by atoms with E-state index in [1.165, 1.54) is 4.31 Å². The van der Waals surface area contributed by atoms with Gasteiger partial charge in [0.05, 0.1) is 6.54 Å². The number of nitrogens with zero attached hydrogens (tertiary/aromatic N) is 2. The Labute approximate surface area is 128 Å². The van der Waals surface area contributed by atoms with E-state index < -0.39 is 10.0 Å². The molecule has 0 unspecified atom stereocenters. The molecule has 1 rings (SSSR count). The Bertz CT molecular complexity index is 538. The van der Waals surface area contributed by atoms with Crippen molar-refractivity contribution in [1.29, 1.82) is 0 Å². The Balaban J connectivity index is 3.04. The van der Waals surface area contributed by atoms with Gasteiger partial charge in [-0.25, -0.2) is 8.42 Å². The second-order valence-electron chi connectivity index (χ2n) is 5.37. The van der Waals surface area contributed by atoms with Crippen molar-refractivity contribution in [3.8, 4) is 0 Å². The van der Waals surface area contributed by atoms with E-state index in [9.17, 15) is 8.42 Å². The maximum Gasteiger partial charge on any atom is 0.246 e. The molecule has 122 valence electrons. The highest BCUT2D eigenvalue weighted by atomic mass is 32.2. The van der Waals surface area contributed by atoms with Crippen LogP contribution < -0.4 is 5.32 Å². The second kappa shape index (κ2) is 7.93. The highest BCUT2D eigenvalue weighted by Gasteiger charge is 2.28. The van der Waals surface area contributed by atoms with Crippen LogP contribution in [0.1, 0.15) is 24.9 Å². The first kappa shape index (κ1) is 18.2. The molecular formula is C14H27N3O3S. The molecule has 0 aliphatic rings. The molecule has 21 heavy (non-hydrogen) atoms. The lowest BCUT2D eigenvalue weighted by Crippen LogP contribution is -2.37. The summed E-state index contributed by atoms with van der Waals surface area (Å²) in [7, 11) is 2.17. The molecule has 1 N–H and O–H groups in total. The van der Waals surface area contributed by atoms with Crippen LogP contribution in [-0.4, -0.2) is 58.4 Å². The van der Waals surface area contributed by atoms with Crippen LogP contribution in [0.3, 0.4) is 0 Å². The lowest BCUT2D eigenvalue weighted by molar-refractivity contribution is 0.332. The van der Waals surface area contributed by atoms with E-state index in [0.29, 0.717) is 37.7 Å². The number of hydrogen-bond donors (Lipinski definition) is 1. The van der Waals surface area contributed by atoms with Crippen LogP contribution in [-0.2, 0) is 16.6 Å². The predicted molar refractivity (Wildman–Crippen MR) is 83.8 cm³/mol. The molecule has 0 aromatic carbocycles. The third-order valence-corrected chi connectivity index (χ3v) is 5.17. The van der Waals surface area contributed by atoms with Crippen LogP contribution in [0.15, 0.2) is 15.4 Å². The summed E-state index contributed by atoms with van der Waals surface area (Å²) in [6, 6.07) is 1.62. The van der Waals surface area contributed by atoms with Gasteiger partial charge in [-0.2, -0.15) is 4.31 Å². The van der Waals surface area contributed by atoms with Gasteiger partial charge in [0.2, 0.25) is 10.0 Å². The highest BCUT2D eigenvalue weighted by Crippen LogP contribution is 2.23. The molecule has 1 heterocycles. The van der Waals surface area contributed by atoms with Crippen molar-refractivity contribution in [1.82, 2.24) is 14.5 Å². The smallest absolute Gasteiger partial charge is 0.246 e. The molecule has 0 bridgehead atoms. The van der Waals surface area contributed by atoms with Crippen LogP contribution in [0.4, 0.5) is 0 Å². The zero-order chi connectivity index (χ0) is 16.0. The number of rotatable bonds is 9. The van der Waals surface area contributed by atoms with Crippen molar-refractivity contribution < 1.29 is 12.8 Å². The summed E-state index contributed by atoms with van der Waals surface area (Å²) in [5, 5.41) is 2.96. The summed E-state index contributed by atoms with van der Waals surface area (Å²) in [6.07, 6.45) is 0.785. The fourth-order valence-corrected chi connectivity index (χ4v) is 3.80. The topological polar surface area (TPSA) is 65.8 Å². The van der Waals surface area contributed by atoms with Gasteiger partial charge in [0.25, 0.3) is 0 Å². The number of aryl methyl sites for hydroxylation is 1. The maximum atomic E-state index is 12.8. The lowest BCUT2D eigenvalue weighted by Gasteiger charge is -2.22. The average Bonchev–Trinajstić information content (AvgIpc) is 2.76. The molecule has 0 saturated carbocycles. The van der Waals surface area contributed by atoms with Crippen molar-refractivity contribution in [2.24, 2.45) is 0 Å². The van der Waals surface area contributed by atoms with Crippen molar-refractivity contribution in [3.05, 3.63) is 17.6 Å². The molecule has 1 aromatic rings. The van der Waals surface area contributed by atoms with Crippen molar-refractivity contribution in [3.63, 3.8) is 0 Å². The quantitative estimate of drug-likeness (QED) is 0.743. The van der Waals surface area contributed by atoms with E-state index in [2.05, 4.69) is 5.32 Å².